The average molecular weight is 309 g/mol. The Morgan fingerprint density at radius 2 is 2.29 bits per heavy atom. The molecule has 10 heteroatoms. The van der Waals surface area contributed by atoms with Gasteiger partial charge in [0.15, 0.2) is 0 Å². The Morgan fingerprint density at radius 1 is 1.52 bits per heavy atom. The lowest BCUT2D eigenvalue weighted by molar-refractivity contribution is -0.387. The molecule has 0 saturated carbocycles. The molecule has 1 heterocycles. The van der Waals surface area contributed by atoms with Gasteiger partial charge in [-0.05, 0) is 40.7 Å². The van der Waals surface area contributed by atoms with E-state index in [1.807, 2.05) is 6.92 Å². The summed E-state index contributed by atoms with van der Waals surface area (Å²) in [5.41, 5.74) is 0.827. The van der Waals surface area contributed by atoms with E-state index in [2.05, 4.69) is 20.3 Å². The monoisotopic (exact) mass is 309 g/mol. The van der Waals surface area contributed by atoms with Crippen molar-refractivity contribution in [3.8, 4) is 0 Å². The Morgan fingerprint density at radius 3 is 2.95 bits per heavy atom. The van der Waals surface area contributed by atoms with Crippen LogP contribution in [0.5, 0.6) is 0 Å². The molecule has 9 nitrogen and oxygen atoms in total. The summed E-state index contributed by atoms with van der Waals surface area (Å²) in [6.07, 6.45) is 0. The molecule has 0 aliphatic heterocycles. The third-order valence-corrected chi connectivity index (χ3v) is 3.54. The minimum atomic E-state index is -0.511. The zero-order valence-electron chi connectivity index (χ0n) is 11.2. The summed E-state index contributed by atoms with van der Waals surface area (Å²) in [6, 6.07) is 4.74. The second kappa shape index (κ2) is 6.31. The smallest absolute Gasteiger partial charge is 0.327 e. The highest BCUT2D eigenvalue weighted by Crippen LogP contribution is 2.34. The molecule has 0 amide bonds. The van der Waals surface area contributed by atoms with Gasteiger partial charge in [-0.2, -0.15) is 0 Å². The molecule has 0 atom stereocenters. The molecule has 21 heavy (non-hydrogen) atoms. The van der Waals surface area contributed by atoms with Crippen LogP contribution in [0.1, 0.15) is 5.56 Å². The summed E-state index contributed by atoms with van der Waals surface area (Å²) >= 11 is 1.02. The van der Waals surface area contributed by atoms with Crippen LogP contribution in [0.15, 0.2) is 28.3 Å². The topological polar surface area (TPSA) is 113 Å². The molecule has 0 bridgehead atoms. The maximum Gasteiger partial charge on any atom is 0.327 e. The first-order valence-electron chi connectivity index (χ1n) is 5.77. The molecule has 110 valence electrons. The van der Waals surface area contributed by atoms with E-state index in [1.54, 1.807) is 12.1 Å². The highest BCUT2D eigenvalue weighted by atomic mass is 32.2. The summed E-state index contributed by atoms with van der Waals surface area (Å²) in [7, 11) is 1.25. The second-order valence-corrected chi connectivity index (χ2v) is 5.03. The van der Waals surface area contributed by atoms with Crippen LogP contribution in [0.2, 0.25) is 0 Å². The molecular weight excluding hydrogens is 298 g/mol. The van der Waals surface area contributed by atoms with E-state index in [0.717, 1.165) is 17.3 Å². The van der Waals surface area contributed by atoms with Gasteiger partial charge in [-0.25, -0.2) is 4.68 Å². The standard InChI is InChI=1S/C11H11N5O4S/c1-7-3-4-8(16(18)19)9(5-7)21-11-12-13-14-15(11)6-10(17)20-2/h3-5H,6H2,1-2H3. The van der Waals surface area contributed by atoms with E-state index in [0.29, 0.717) is 4.90 Å². The number of methoxy groups -OCH3 is 1. The lowest BCUT2D eigenvalue weighted by atomic mass is 10.2. The number of carbonyl (C=O) groups excluding carboxylic acids is 1. The molecule has 0 spiro atoms. The van der Waals surface area contributed by atoms with Gasteiger partial charge < -0.3 is 4.74 Å². The average Bonchev–Trinajstić information content (AvgIpc) is 2.85. The first-order valence-corrected chi connectivity index (χ1v) is 6.59. The Hall–Kier alpha value is -2.49. The molecular formula is C11H11N5O4S. The van der Waals surface area contributed by atoms with E-state index in [9.17, 15) is 14.9 Å². The maximum atomic E-state index is 11.3. The maximum absolute atomic E-state index is 11.3. The molecule has 0 radical (unpaired) electrons. The number of rotatable bonds is 5. The number of nitro benzene ring substituents is 1. The first-order chi connectivity index (χ1) is 10.0. The lowest BCUT2D eigenvalue weighted by Crippen LogP contribution is -2.13. The van der Waals surface area contributed by atoms with Gasteiger partial charge in [0.1, 0.15) is 6.54 Å². The van der Waals surface area contributed by atoms with Crippen LogP contribution in [-0.2, 0) is 16.1 Å². The number of tetrazole rings is 1. The highest BCUT2D eigenvalue weighted by Gasteiger charge is 2.19. The fraction of sp³-hybridized carbons (Fsp3) is 0.273. The van der Waals surface area contributed by atoms with Gasteiger partial charge in [0.05, 0.1) is 16.9 Å². The van der Waals surface area contributed by atoms with Crippen molar-refractivity contribution in [2.24, 2.45) is 0 Å². The Balaban J connectivity index is 2.30. The molecule has 1 aromatic heterocycles. The Labute approximate surface area is 123 Å². The Kier molecular flexibility index (Phi) is 4.48. The zero-order valence-corrected chi connectivity index (χ0v) is 12.0. The number of nitro groups is 1. The van der Waals surface area contributed by atoms with Crippen LogP contribution in [0, 0.1) is 17.0 Å². The number of aryl methyl sites for hydroxylation is 1. The van der Waals surface area contributed by atoms with Crippen molar-refractivity contribution in [3.05, 3.63) is 33.9 Å². The fourth-order valence-corrected chi connectivity index (χ4v) is 2.48. The zero-order chi connectivity index (χ0) is 15.4. The number of aromatic nitrogens is 4. The lowest BCUT2D eigenvalue weighted by Gasteiger charge is -2.04. The van der Waals surface area contributed by atoms with Crippen molar-refractivity contribution in [1.82, 2.24) is 20.2 Å². The van der Waals surface area contributed by atoms with Crippen molar-refractivity contribution < 1.29 is 14.5 Å². The van der Waals surface area contributed by atoms with Crippen molar-refractivity contribution in [1.29, 1.82) is 0 Å². The van der Waals surface area contributed by atoms with Crippen molar-refractivity contribution >= 4 is 23.4 Å². The summed E-state index contributed by atoms with van der Waals surface area (Å²) in [4.78, 5) is 22.2. The van der Waals surface area contributed by atoms with Gasteiger partial charge in [0.2, 0.25) is 5.16 Å². The number of nitrogens with zero attached hydrogens (tertiary/aromatic N) is 5. The summed E-state index contributed by atoms with van der Waals surface area (Å²) in [5, 5.41) is 22.2. The number of benzene rings is 1. The van der Waals surface area contributed by atoms with Crippen LogP contribution in [0.3, 0.4) is 0 Å². The predicted octanol–water partition coefficient (Wildman–Crippen LogP) is 1.21. The number of hydrogen-bond donors (Lipinski definition) is 0. The SMILES string of the molecule is COC(=O)Cn1nnnc1Sc1cc(C)ccc1[N+](=O)[O-]. The van der Waals surface area contributed by atoms with Gasteiger partial charge in [-0.15, -0.1) is 5.10 Å². The van der Waals surface area contributed by atoms with Crippen LogP contribution < -0.4 is 0 Å². The normalized spacial score (nSPS) is 10.4. The van der Waals surface area contributed by atoms with Crippen LogP contribution in [0.4, 0.5) is 5.69 Å². The quantitative estimate of drug-likeness (QED) is 0.460. The van der Waals surface area contributed by atoms with E-state index in [4.69, 9.17) is 0 Å². The predicted molar refractivity (Wildman–Crippen MR) is 71.8 cm³/mol. The van der Waals surface area contributed by atoms with Gasteiger partial charge in [-0.3, -0.25) is 14.9 Å². The summed E-state index contributed by atoms with van der Waals surface area (Å²) in [5.74, 6) is -0.511. The number of hydrogen-bond acceptors (Lipinski definition) is 8. The number of carbonyl (C=O) groups is 1. The molecule has 2 aromatic rings. The van der Waals surface area contributed by atoms with Crippen molar-refractivity contribution in [2.45, 2.75) is 23.5 Å². The molecule has 0 saturated heterocycles. The van der Waals surface area contributed by atoms with E-state index < -0.39 is 10.9 Å². The van der Waals surface area contributed by atoms with E-state index in [1.165, 1.54) is 17.9 Å². The molecule has 0 N–H and O–H groups in total. The molecule has 0 aliphatic rings. The van der Waals surface area contributed by atoms with Crippen LogP contribution in [-0.4, -0.2) is 38.2 Å². The second-order valence-electron chi connectivity index (χ2n) is 4.03. The number of esters is 1. The first kappa shape index (κ1) is 14.9. The molecule has 1 aromatic carbocycles. The van der Waals surface area contributed by atoms with Crippen molar-refractivity contribution in [2.75, 3.05) is 7.11 Å². The minimum Gasteiger partial charge on any atom is -0.468 e. The highest BCUT2D eigenvalue weighted by molar-refractivity contribution is 7.99. The number of ether oxygens (including phenoxy) is 1. The van der Waals surface area contributed by atoms with Crippen LogP contribution >= 0.6 is 11.8 Å². The minimum absolute atomic E-state index is 0.0433. The molecule has 0 unspecified atom stereocenters. The summed E-state index contributed by atoms with van der Waals surface area (Å²) in [6.45, 7) is 1.66. The third-order valence-electron chi connectivity index (χ3n) is 2.52. The molecule has 2 rings (SSSR count). The molecule has 0 aliphatic carbocycles. The van der Waals surface area contributed by atoms with Gasteiger partial charge in [-0.1, -0.05) is 6.07 Å². The van der Waals surface area contributed by atoms with Crippen molar-refractivity contribution in [3.63, 3.8) is 0 Å². The Bertz CT molecular complexity index is 687. The van der Waals surface area contributed by atoms with Crippen LogP contribution in [0.25, 0.3) is 0 Å². The fourth-order valence-electron chi connectivity index (χ4n) is 1.51. The van der Waals surface area contributed by atoms with Gasteiger partial charge in [0.25, 0.3) is 5.69 Å². The molecule has 0 fully saturated rings. The summed E-state index contributed by atoms with van der Waals surface area (Å²) < 4.78 is 5.76. The van der Waals surface area contributed by atoms with E-state index in [-0.39, 0.29) is 17.4 Å². The van der Waals surface area contributed by atoms with Gasteiger partial charge >= 0.3 is 5.97 Å². The van der Waals surface area contributed by atoms with E-state index >= 15 is 0 Å². The van der Waals surface area contributed by atoms with Gasteiger partial charge in [0, 0.05) is 6.07 Å². The third kappa shape index (κ3) is 3.54. The largest absolute Gasteiger partial charge is 0.468 e.